The molecule has 22 heavy (non-hydrogen) atoms. The number of rotatable bonds is 5. The molecule has 0 radical (unpaired) electrons. The number of nitrogens with zero attached hydrogens (tertiary/aromatic N) is 3. The van der Waals surface area contributed by atoms with Crippen molar-refractivity contribution in [2.24, 2.45) is 0 Å². The fourth-order valence-corrected chi connectivity index (χ4v) is 2.79. The highest BCUT2D eigenvalue weighted by Crippen LogP contribution is 2.15. The molecule has 0 spiro atoms. The highest BCUT2D eigenvalue weighted by atomic mass is 79.9. The molecule has 1 saturated heterocycles. The second-order valence-corrected chi connectivity index (χ2v) is 6.84. The molecule has 1 heterocycles. The fourth-order valence-electron chi connectivity index (χ4n) is 2.52. The first-order chi connectivity index (χ1) is 10.5. The zero-order valence-corrected chi connectivity index (χ0v) is 15.0. The summed E-state index contributed by atoms with van der Waals surface area (Å²) in [5.74, 6) is 0. The van der Waals surface area contributed by atoms with Gasteiger partial charge >= 0.3 is 6.03 Å². The predicted molar refractivity (Wildman–Crippen MR) is 94.3 cm³/mol. The first kappa shape index (κ1) is 17.2. The molecule has 0 aromatic heterocycles. The standard InChI is InChI=1S/C16H25BrN4O/c1-19(2)8-3-9-20-10-12-21(13-11-20)16(22)18-15-6-4-14(17)5-7-15/h4-7H,3,8-13H2,1-2H3,(H,18,22). The number of nitrogens with one attached hydrogen (secondary N) is 1. The number of amides is 2. The summed E-state index contributed by atoms with van der Waals surface area (Å²) in [6.07, 6.45) is 1.18. The highest BCUT2D eigenvalue weighted by Gasteiger charge is 2.20. The van der Waals surface area contributed by atoms with Crippen molar-refractivity contribution in [2.45, 2.75) is 6.42 Å². The zero-order valence-electron chi connectivity index (χ0n) is 13.4. The first-order valence-corrected chi connectivity index (χ1v) is 8.52. The summed E-state index contributed by atoms with van der Waals surface area (Å²) in [6.45, 7) is 5.74. The summed E-state index contributed by atoms with van der Waals surface area (Å²) in [5.41, 5.74) is 0.835. The summed E-state index contributed by atoms with van der Waals surface area (Å²) < 4.78 is 1.01. The Morgan fingerprint density at radius 3 is 2.41 bits per heavy atom. The van der Waals surface area contributed by atoms with E-state index in [1.54, 1.807) is 0 Å². The third-order valence-electron chi connectivity index (χ3n) is 3.83. The van der Waals surface area contributed by atoms with Crippen molar-refractivity contribution in [1.82, 2.24) is 14.7 Å². The molecule has 0 aliphatic carbocycles. The lowest BCUT2D eigenvalue weighted by atomic mass is 10.3. The molecule has 0 saturated carbocycles. The van der Waals surface area contributed by atoms with Crippen LogP contribution in [0.2, 0.25) is 0 Å². The number of hydrogen-bond donors (Lipinski definition) is 1. The third kappa shape index (κ3) is 5.59. The number of piperazine rings is 1. The van der Waals surface area contributed by atoms with Crippen LogP contribution in [-0.4, -0.2) is 74.1 Å². The van der Waals surface area contributed by atoms with Gasteiger partial charge in [0.2, 0.25) is 0 Å². The molecule has 1 aromatic carbocycles. The second-order valence-electron chi connectivity index (χ2n) is 5.92. The lowest BCUT2D eigenvalue weighted by Gasteiger charge is -2.34. The van der Waals surface area contributed by atoms with E-state index in [1.165, 1.54) is 6.42 Å². The SMILES string of the molecule is CN(C)CCCN1CCN(C(=O)Nc2ccc(Br)cc2)CC1. The van der Waals surface area contributed by atoms with E-state index in [1.807, 2.05) is 29.2 Å². The number of benzene rings is 1. The van der Waals surface area contributed by atoms with Crippen molar-refractivity contribution in [3.63, 3.8) is 0 Å². The molecular weight excluding hydrogens is 344 g/mol. The smallest absolute Gasteiger partial charge is 0.321 e. The van der Waals surface area contributed by atoms with Gasteiger partial charge in [-0.05, 0) is 57.9 Å². The van der Waals surface area contributed by atoms with Crippen LogP contribution in [0.15, 0.2) is 28.7 Å². The first-order valence-electron chi connectivity index (χ1n) is 7.73. The average molecular weight is 369 g/mol. The molecule has 0 unspecified atom stereocenters. The van der Waals surface area contributed by atoms with E-state index >= 15 is 0 Å². The van der Waals surface area contributed by atoms with Crippen LogP contribution in [0.5, 0.6) is 0 Å². The van der Waals surface area contributed by atoms with E-state index in [2.05, 4.69) is 45.1 Å². The maximum atomic E-state index is 12.2. The summed E-state index contributed by atoms with van der Waals surface area (Å²) in [6, 6.07) is 7.66. The Morgan fingerprint density at radius 1 is 1.18 bits per heavy atom. The van der Waals surface area contributed by atoms with E-state index in [0.717, 1.165) is 49.4 Å². The van der Waals surface area contributed by atoms with Crippen LogP contribution in [0.1, 0.15) is 6.42 Å². The van der Waals surface area contributed by atoms with E-state index in [9.17, 15) is 4.79 Å². The van der Waals surface area contributed by atoms with Gasteiger partial charge < -0.3 is 15.1 Å². The summed E-state index contributed by atoms with van der Waals surface area (Å²) in [4.78, 5) is 18.8. The van der Waals surface area contributed by atoms with Crippen LogP contribution in [0.3, 0.4) is 0 Å². The molecule has 2 rings (SSSR count). The van der Waals surface area contributed by atoms with Crippen molar-refractivity contribution in [2.75, 3.05) is 58.7 Å². The van der Waals surface area contributed by atoms with Gasteiger partial charge in [-0.3, -0.25) is 4.90 Å². The molecule has 2 amide bonds. The Hall–Kier alpha value is -1.11. The van der Waals surface area contributed by atoms with Gasteiger partial charge in [0, 0.05) is 36.3 Å². The van der Waals surface area contributed by atoms with Crippen LogP contribution in [0.4, 0.5) is 10.5 Å². The molecular formula is C16H25BrN4O. The van der Waals surface area contributed by atoms with Crippen molar-refractivity contribution in [1.29, 1.82) is 0 Å². The minimum atomic E-state index is -0.00439. The second kappa shape index (κ2) is 8.50. The normalized spacial score (nSPS) is 16.1. The number of halogens is 1. The Balaban J connectivity index is 1.71. The van der Waals surface area contributed by atoms with Crippen molar-refractivity contribution in [3.8, 4) is 0 Å². The molecule has 1 fully saturated rings. The van der Waals surface area contributed by atoms with Gasteiger partial charge in [-0.15, -0.1) is 0 Å². The van der Waals surface area contributed by atoms with E-state index < -0.39 is 0 Å². The van der Waals surface area contributed by atoms with E-state index in [4.69, 9.17) is 0 Å². The number of anilines is 1. The Bertz CT molecular complexity index is 470. The minimum absolute atomic E-state index is 0.00439. The highest BCUT2D eigenvalue weighted by molar-refractivity contribution is 9.10. The fraction of sp³-hybridized carbons (Fsp3) is 0.562. The van der Waals surface area contributed by atoms with Gasteiger partial charge in [0.15, 0.2) is 0 Å². The van der Waals surface area contributed by atoms with Gasteiger partial charge in [0.05, 0.1) is 0 Å². The molecule has 1 aromatic rings. The van der Waals surface area contributed by atoms with Crippen molar-refractivity contribution in [3.05, 3.63) is 28.7 Å². The molecule has 122 valence electrons. The molecule has 1 N–H and O–H groups in total. The van der Waals surface area contributed by atoms with Crippen LogP contribution >= 0.6 is 15.9 Å². The number of hydrogen-bond acceptors (Lipinski definition) is 3. The molecule has 1 aliphatic rings. The van der Waals surface area contributed by atoms with Crippen molar-refractivity contribution >= 4 is 27.6 Å². The maximum Gasteiger partial charge on any atom is 0.321 e. The number of carbonyl (C=O) groups is 1. The summed E-state index contributed by atoms with van der Waals surface area (Å²) in [7, 11) is 4.20. The van der Waals surface area contributed by atoms with Gasteiger partial charge in [-0.25, -0.2) is 4.79 Å². The monoisotopic (exact) mass is 368 g/mol. The largest absolute Gasteiger partial charge is 0.322 e. The molecule has 5 nitrogen and oxygen atoms in total. The predicted octanol–water partition coefficient (Wildman–Crippen LogP) is 2.55. The van der Waals surface area contributed by atoms with Crippen LogP contribution < -0.4 is 5.32 Å². The molecule has 0 atom stereocenters. The van der Waals surface area contributed by atoms with Crippen LogP contribution in [-0.2, 0) is 0 Å². The lowest BCUT2D eigenvalue weighted by molar-refractivity contribution is 0.144. The van der Waals surface area contributed by atoms with E-state index in [-0.39, 0.29) is 6.03 Å². The van der Waals surface area contributed by atoms with Crippen LogP contribution in [0.25, 0.3) is 0 Å². The molecule has 6 heteroatoms. The number of urea groups is 1. The quantitative estimate of drug-likeness (QED) is 0.867. The topological polar surface area (TPSA) is 38.8 Å². The average Bonchev–Trinajstić information content (AvgIpc) is 2.50. The Morgan fingerprint density at radius 2 is 1.82 bits per heavy atom. The summed E-state index contributed by atoms with van der Waals surface area (Å²) >= 11 is 3.39. The van der Waals surface area contributed by atoms with E-state index in [0.29, 0.717) is 0 Å². The molecule has 1 aliphatic heterocycles. The Kier molecular flexibility index (Phi) is 6.67. The maximum absolute atomic E-state index is 12.2. The molecule has 0 bridgehead atoms. The zero-order chi connectivity index (χ0) is 15.9. The van der Waals surface area contributed by atoms with Crippen LogP contribution in [0, 0.1) is 0 Å². The summed E-state index contributed by atoms with van der Waals surface area (Å²) in [5, 5.41) is 2.95. The van der Waals surface area contributed by atoms with Gasteiger partial charge in [0.25, 0.3) is 0 Å². The number of carbonyl (C=O) groups excluding carboxylic acids is 1. The van der Waals surface area contributed by atoms with Gasteiger partial charge in [-0.1, -0.05) is 15.9 Å². The lowest BCUT2D eigenvalue weighted by Crippen LogP contribution is -2.50. The van der Waals surface area contributed by atoms with Gasteiger partial charge in [-0.2, -0.15) is 0 Å². The third-order valence-corrected chi connectivity index (χ3v) is 4.36. The van der Waals surface area contributed by atoms with Crippen molar-refractivity contribution < 1.29 is 4.79 Å². The Labute approximate surface area is 141 Å². The van der Waals surface area contributed by atoms with Gasteiger partial charge in [0.1, 0.15) is 0 Å². The minimum Gasteiger partial charge on any atom is -0.322 e.